The van der Waals surface area contributed by atoms with E-state index in [1.54, 1.807) is 6.20 Å². The highest BCUT2D eigenvalue weighted by Gasteiger charge is 2.18. The van der Waals surface area contributed by atoms with E-state index in [0.29, 0.717) is 5.69 Å². The van der Waals surface area contributed by atoms with Crippen LogP contribution in [0.1, 0.15) is 52.7 Å². The third-order valence-corrected chi connectivity index (χ3v) is 2.46. The van der Waals surface area contributed by atoms with Crippen LogP contribution in [-0.2, 0) is 4.74 Å². The highest BCUT2D eigenvalue weighted by molar-refractivity contribution is 5.85. The first-order valence-electron chi connectivity index (χ1n) is 6.13. The molecule has 0 fully saturated rings. The first kappa shape index (κ1) is 14.4. The van der Waals surface area contributed by atoms with Crippen LogP contribution in [0.4, 0.5) is 10.5 Å². The molecule has 5 heteroatoms. The monoisotopic (exact) mass is 251 g/mol. The van der Waals surface area contributed by atoms with Crippen molar-refractivity contribution in [3.63, 3.8) is 0 Å². The van der Waals surface area contributed by atoms with Crippen LogP contribution >= 0.6 is 0 Å². The predicted molar refractivity (Wildman–Crippen MR) is 70.6 cm³/mol. The molecule has 1 amide bonds. The summed E-state index contributed by atoms with van der Waals surface area (Å²) in [5.74, 6) is 0.262. The van der Waals surface area contributed by atoms with E-state index in [9.17, 15) is 4.79 Å². The van der Waals surface area contributed by atoms with E-state index in [-0.39, 0.29) is 5.92 Å². The molecule has 0 aliphatic heterocycles. The van der Waals surface area contributed by atoms with Gasteiger partial charge in [0.15, 0.2) is 0 Å². The van der Waals surface area contributed by atoms with Crippen molar-refractivity contribution in [3.8, 4) is 0 Å². The number of ether oxygens (including phenoxy) is 1. The third-order valence-electron chi connectivity index (χ3n) is 2.46. The summed E-state index contributed by atoms with van der Waals surface area (Å²) in [5.41, 5.74) is 0.926. The maximum Gasteiger partial charge on any atom is 0.412 e. The normalized spacial score (nSPS) is 12.9. The lowest BCUT2D eigenvalue weighted by Crippen LogP contribution is -2.27. The van der Waals surface area contributed by atoms with E-state index in [2.05, 4.69) is 29.1 Å². The van der Waals surface area contributed by atoms with Crippen molar-refractivity contribution < 1.29 is 9.53 Å². The Morgan fingerprint density at radius 2 is 2.17 bits per heavy atom. The Labute approximate surface area is 108 Å². The van der Waals surface area contributed by atoms with Gasteiger partial charge in [-0.05, 0) is 27.2 Å². The van der Waals surface area contributed by atoms with E-state index in [1.165, 1.54) is 6.33 Å². The SMILES string of the molecule is CCC(C)c1ncncc1NC(=O)OC(C)(C)C. The number of carbonyl (C=O) groups is 1. The number of hydrogen-bond acceptors (Lipinski definition) is 4. The van der Waals surface area contributed by atoms with Crippen molar-refractivity contribution in [1.82, 2.24) is 9.97 Å². The molecule has 0 radical (unpaired) electrons. The minimum Gasteiger partial charge on any atom is -0.444 e. The Balaban J connectivity index is 2.81. The Bertz CT molecular complexity index is 413. The number of nitrogens with zero attached hydrogens (tertiary/aromatic N) is 2. The fraction of sp³-hybridized carbons (Fsp3) is 0.615. The fourth-order valence-electron chi connectivity index (χ4n) is 1.44. The van der Waals surface area contributed by atoms with Crippen LogP contribution in [0, 0.1) is 0 Å². The van der Waals surface area contributed by atoms with Crippen LogP contribution in [-0.4, -0.2) is 21.7 Å². The second-order valence-corrected chi connectivity index (χ2v) is 5.26. The molecule has 1 rings (SSSR count). The third kappa shape index (κ3) is 4.31. The van der Waals surface area contributed by atoms with Gasteiger partial charge in [0.25, 0.3) is 0 Å². The lowest BCUT2D eigenvalue weighted by Gasteiger charge is -2.20. The summed E-state index contributed by atoms with van der Waals surface area (Å²) in [7, 11) is 0. The highest BCUT2D eigenvalue weighted by atomic mass is 16.6. The second kappa shape index (κ2) is 5.80. The molecule has 0 saturated heterocycles. The minimum atomic E-state index is -0.518. The van der Waals surface area contributed by atoms with Crippen LogP contribution < -0.4 is 5.32 Å². The van der Waals surface area contributed by atoms with Crippen molar-refractivity contribution in [2.24, 2.45) is 0 Å². The second-order valence-electron chi connectivity index (χ2n) is 5.26. The van der Waals surface area contributed by atoms with Crippen molar-refractivity contribution in [1.29, 1.82) is 0 Å². The van der Waals surface area contributed by atoms with Gasteiger partial charge in [-0.2, -0.15) is 0 Å². The molecule has 0 saturated carbocycles. The van der Waals surface area contributed by atoms with Gasteiger partial charge < -0.3 is 4.74 Å². The zero-order chi connectivity index (χ0) is 13.8. The number of anilines is 1. The number of nitrogens with one attached hydrogen (secondary N) is 1. The van der Waals surface area contributed by atoms with Crippen LogP contribution in [0.3, 0.4) is 0 Å². The predicted octanol–water partition coefficient (Wildman–Crippen LogP) is 3.34. The number of carbonyl (C=O) groups excluding carboxylic acids is 1. The van der Waals surface area contributed by atoms with Crippen LogP contribution in [0.15, 0.2) is 12.5 Å². The standard InChI is InChI=1S/C13H21N3O2/c1-6-9(2)11-10(7-14-8-15-11)16-12(17)18-13(3,4)5/h7-9H,6H2,1-5H3,(H,16,17). The molecule has 0 aliphatic carbocycles. The van der Waals surface area contributed by atoms with E-state index in [4.69, 9.17) is 4.74 Å². The summed E-state index contributed by atoms with van der Waals surface area (Å²) in [6, 6.07) is 0. The van der Waals surface area contributed by atoms with Gasteiger partial charge in [0.05, 0.1) is 17.6 Å². The van der Waals surface area contributed by atoms with E-state index < -0.39 is 11.7 Å². The average Bonchev–Trinajstić information content (AvgIpc) is 2.26. The van der Waals surface area contributed by atoms with Gasteiger partial charge in [-0.1, -0.05) is 13.8 Å². The lowest BCUT2D eigenvalue weighted by molar-refractivity contribution is 0.0635. The average molecular weight is 251 g/mol. The highest BCUT2D eigenvalue weighted by Crippen LogP contribution is 2.23. The van der Waals surface area contributed by atoms with Crippen LogP contribution in [0.25, 0.3) is 0 Å². The molecule has 1 N–H and O–H groups in total. The number of amides is 1. The Morgan fingerprint density at radius 3 is 2.72 bits per heavy atom. The van der Waals surface area contributed by atoms with E-state index >= 15 is 0 Å². The summed E-state index contributed by atoms with van der Waals surface area (Å²) in [4.78, 5) is 19.9. The first-order valence-corrected chi connectivity index (χ1v) is 6.13. The molecule has 0 bridgehead atoms. The molecule has 100 valence electrons. The Hall–Kier alpha value is -1.65. The van der Waals surface area contributed by atoms with Crippen molar-refractivity contribution in [3.05, 3.63) is 18.2 Å². The topological polar surface area (TPSA) is 64.1 Å². The summed E-state index contributed by atoms with van der Waals surface area (Å²) in [6.07, 6.45) is 3.54. The van der Waals surface area contributed by atoms with Gasteiger partial charge in [0.2, 0.25) is 0 Å². The molecule has 1 heterocycles. The number of rotatable bonds is 3. The zero-order valence-electron chi connectivity index (χ0n) is 11.7. The maximum absolute atomic E-state index is 11.7. The molecule has 0 spiro atoms. The lowest BCUT2D eigenvalue weighted by atomic mass is 10.0. The van der Waals surface area contributed by atoms with Crippen molar-refractivity contribution in [2.45, 2.75) is 52.6 Å². The van der Waals surface area contributed by atoms with Crippen LogP contribution in [0.5, 0.6) is 0 Å². The molecule has 5 nitrogen and oxygen atoms in total. The van der Waals surface area contributed by atoms with Crippen molar-refractivity contribution >= 4 is 11.8 Å². The molecule has 0 aromatic carbocycles. The van der Waals surface area contributed by atoms with E-state index in [1.807, 2.05) is 20.8 Å². The summed E-state index contributed by atoms with van der Waals surface area (Å²) < 4.78 is 5.20. The first-order chi connectivity index (χ1) is 8.33. The fourth-order valence-corrected chi connectivity index (χ4v) is 1.44. The quantitative estimate of drug-likeness (QED) is 0.894. The number of aromatic nitrogens is 2. The van der Waals surface area contributed by atoms with E-state index in [0.717, 1.165) is 12.1 Å². The number of hydrogen-bond donors (Lipinski definition) is 1. The van der Waals surface area contributed by atoms with Gasteiger partial charge in [0.1, 0.15) is 11.9 Å². The zero-order valence-corrected chi connectivity index (χ0v) is 11.7. The summed E-state index contributed by atoms with van der Waals surface area (Å²) in [5, 5.41) is 2.70. The van der Waals surface area contributed by atoms with Gasteiger partial charge >= 0.3 is 6.09 Å². The summed E-state index contributed by atoms with van der Waals surface area (Å²) >= 11 is 0. The largest absolute Gasteiger partial charge is 0.444 e. The molecular formula is C13H21N3O2. The minimum absolute atomic E-state index is 0.262. The van der Waals surface area contributed by atoms with Gasteiger partial charge in [0, 0.05) is 5.92 Å². The van der Waals surface area contributed by atoms with Crippen LogP contribution in [0.2, 0.25) is 0 Å². The summed E-state index contributed by atoms with van der Waals surface area (Å²) in [6.45, 7) is 9.60. The Morgan fingerprint density at radius 1 is 1.50 bits per heavy atom. The van der Waals surface area contributed by atoms with Gasteiger partial charge in [-0.25, -0.2) is 14.8 Å². The molecule has 1 aromatic rings. The molecule has 0 aliphatic rings. The Kier molecular flexibility index (Phi) is 4.64. The van der Waals surface area contributed by atoms with Gasteiger partial charge in [-0.15, -0.1) is 0 Å². The molecule has 1 aromatic heterocycles. The van der Waals surface area contributed by atoms with Gasteiger partial charge in [-0.3, -0.25) is 5.32 Å². The van der Waals surface area contributed by atoms with Crippen molar-refractivity contribution in [2.75, 3.05) is 5.32 Å². The molecule has 18 heavy (non-hydrogen) atoms. The molecular weight excluding hydrogens is 230 g/mol. The molecule has 1 atom stereocenters. The smallest absolute Gasteiger partial charge is 0.412 e. The molecule has 1 unspecified atom stereocenters. The maximum atomic E-state index is 11.7.